The molecule has 1 fully saturated rings. The normalized spacial score (nSPS) is 22.1. The first-order valence-electron chi connectivity index (χ1n) is 15.2. The van der Waals surface area contributed by atoms with E-state index in [1.807, 2.05) is 38.1 Å². The minimum Gasteiger partial charge on any atom is -0.459 e. The summed E-state index contributed by atoms with van der Waals surface area (Å²) in [7, 11) is 0. The van der Waals surface area contributed by atoms with Crippen LogP contribution in [-0.4, -0.2) is 34.3 Å². The van der Waals surface area contributed by atoms with Crippen LogP contribution < -0.4 is 0 Å². The van der Waals surface area contributed by atoms with Gasteiger partial charge >= 0.3 is 5.97 Å². The van der Waals surface area contributed by atoms with Crippen LogP contribution >= 0.6 is 23.2 Å². The van der Waals surface area contributed by atoms with Crippen molar-refractivity contribution in [2.24, 2.45) is 21.7 Å². The third-order valence-corrected chi connectivity index (χ3v) is 9.13. The first-order valence-corrected chi connectivity index (χ1v) is 16.0. The summed E-state index contributed by atoms with van der Waals surface area (Å²) >= 11 is 12.8. The molecule has 1 saturated carbocycles. The minimum atomic E-state index is -0.652. The second kappa shape index (κ2) is 12.3. The predicted molar refractivity (Wildman–Crippen MR) is 172 cm³/mol. The Morgan fingerprint density at radius 2 is 1.57 bits per heavy atom. The number of carbonyl (C=O) groups excluding carboxylic acids is 2. The SMILES string of the molecule is CC(C)OC(=O)c1ccc([C@@H](CCC(C)(C)C)N2C(=O)C(c3cc(Cl)cc(Cl)c3)=NC23CCC(C(C)(C)C)CC3)cc1. The summed E-state index contributed by atoms with van der Waals surface area (Å²) in [5.41, 5.74) is 2.18. The minimum absolute atomic E-state index is 0.0727. The lowest BCUT2D eigenvalue weighted by molar-refractivity contribution is -0.134. The second-order valence-corrected chi connectivity index (χ2v) is 15.5. The Balaban J connectivity index is 1.79. The van der Waals surface area contributed by atoms with Crippen LogP contribution in [0, 0.1) is 16.7 Å². The number of hydrogen-bond donors (Lipinski definition) is 0. The van der Waals surface area contributed by atoms with E-state index in [1.165, 1.54) is 0 Å². The van der Waals surface area contributed by atoms with Crippen molar-refractivity contribution >= 4 is 40.8 Å². The van der Waals surface area contributed by atoms with Gasteiger partial charge in [0.05, 0.1) is 17.7 Å². The molecule has 1 aliphatic carbocycles. The molecule has 0 N–H and O–H groups in total. The molecule has 228 valence electrons. The van der Waals surface area contributed by atoms with E-state index in [0.717, 1.165) is 44.1 Å². The number of carbonyl (C=O) groups is 2. The molecule has 1 heterocycles. The van der Waals surface area contributed by atoms with Gasteiger partial charge in [0, 0.05) is 15.6 Å². The number of nitrogens with zero attached hydrogens (tertiary/aromatic N) is 2. The highest BCUT2D eigenvalue weighted by Crippen LogP contribution is 2.50. The first kappa shape index (κ1) is 32.5. The smallest absolute Gasteiger partial charge is 0.338 e. The third kappa shape index (κ3) is 7.39. The number of halogens is 2. The van der Waals surface area contributed by atoms with E-state index in [-0.39, 0.29) is 34.9 Å². The van der Waals surface area contributed by atoms with Crippen LogP contribution in [0.25, 0.3) is 0 Å². The molecule has 2 aliphatic rings. The summed E-state index contributed by atoms with van der Waals surface area (Å²) in [6.07, 6.45) is 5.06. The molecule has 0 bridgehead atoms. The Hall–Kier alpha value is -2.37. The van der Waals surface area contributed by atoms with E-state index in [9.17, 15) is 9.59 Å². The average Bonchev–Trinajstić information content (AvgIpc) is 3.14. The van der Waals surface area contributed by atoms with E-state index < -0.39 is 5.66 Å². The van der Waals surface area contributed by atoms with Gasteiger partial charge in [0.15, 0.2) is 0 Å². The molecule has 7 heteroatoms. The number of ether oxygens (including phenoxy) is 1. The van der Waals surface area contributed by atoms with Crippen LogP contribution in [0.3, 0.4) is 0 Å². The number of amides is 1. The van der Waals surface area contributed by atoms with Crippen LogP contribution in [0.2, 0.25) is 10.0 Å². The zero-order valence-corrected chi connectivity index (χ0v) is 27.9. The largest absolute Gasteiger partial charge is 0.459 e. The summed E-state index contributed by atoms with van der Waals surface area (Å²) in [5.74, 6) is 0.115. The zero-order valence-electron chi connectivity index (χ0n) is 26.4. The number of benzene rings is 2. The molecule has 1 amide bonds. The molecule has 4 rings (SSSR count). The Labute approximate surface area is 262 Å². The van der Waals surface area contributed by atoms with Gasteiger partial charge in [0.1, 0.15) is 11.4 Å². The Bertz CT molecular complexity index is 1310. The van der Waals surface area contributed by atoms with Gasteiger partial charge in [-0.15, -0.1) is 0 Å². The van der Waals surface area contributed by atoms with Gasteiger partial charge in [0.2, 0.25) is 0 Å². The van der Waals surface area contributed by atoms with Gasteiger partial charge in [-0.2, -0.15) is 0 Å². The quantitative estimate of drug-likeness (QED) is 0.292. The van der Waals surface area contributed by atoms with Gasteiger partial charge in [0.25, 0.3) is 5.91 Å². The summed E-state index contributed by atoms with van der Waals surface area (Å²) in [6.45, 7) is 17.2. The van der Waals surface area contributed by atoms with Gasteiger partial charge < -0.3 is 9.64 Å². The molecule has 5 nitrogen and oxygen atoms in total. The lowest BCUT2D eigenvalue weighted by Gasteiger charge is -2.47. The van der Waals surface area contributed by atoms with Crippen molar-refractivity contribution in [3.63, 3.8) is 0 Å². The molecular formula is C35H46Cl2N2O3. The van der Waals surface area contributed by atoms with Crippen molar-refractivity contribution in [3.05, 3.63) is 69.2 Å². The zero-order chi connectivity index (χ0) is 31.0. The molecule has 0 unspecified atom stereocenters. The van der Waals surface area contributed by atoms with Crippen LogP contribution in [-0.2, 0) is 9.53 Å². The van der Waals surface area contributed by atoms with Crippen LogP contribution in [0.4, 0.5) is 0 Å². The Kier molecular flexibility index (Phi) is 9.55. The summed E-state index contributed by atoms with van der Waals surface area (Å²) in [5, 5.41) is 0.954. The molecule has 1 spiro atoms. The standard InChI is InChI=1S/C35H46Cl2N2O3/c1-22(2)42-32(41)24-11-9-23(10-12-24)29(15-16-33(3,4)5)39-31(40)30(25-19-27(36)21-28(37)20-25)38-35(39)17-13-26(14-18-35)34(6,7)8/h9-12,19-22,26,29H,13-18H2,1-8H3/t26?,29-,35?/m1/s1. The maximum Gasteiger partial charge on any atom is 0.338 e. The fourth-order valence-corrected chi connectivity index (χ4v) is 6.89. The van der Waals surface area contributed by atoms with Crippen LogP contribution in [0.1, 0.15) is 121 Å². The molecule has 1 aliphatic heterocycles. The number of rotatable bonds is 7. The van der Waals surface area contributed by atoms with Crippen LogP contribution in [0.5, 0.6) is 0 Å². The van der Waals surface area contributed by atoms with Gasteiger partial charge in [-0.05, 0) is 105 Å². The highest BCUT2D eigenvalue weighted by atomic mass is 35.5. The fourth-order valence-electron chi connectivity index (χ4n) is 6.36. The molecule has 42 heavy (non-hydrogen) atoms. The van der Waals surface area contributed by atoms with Gasteiger partial charge in [-0.1, -0.05) is 76.9 Å². The van der Waals surface area contributed by atoms with Crippen molar-refractivity contribution in [2.45, 2.75) is 112 Å². The summed E-state index contributed by atoms with van der Waals surface area (Å²) < 4.78 is 5.41. The Morgan fingerprint density at radius 1 is 1.00 bits per heavy atom. The van der Waals surface area contributed by atoms with E-state index in [1.54, 1.807) is 18.2 Å². The maximum atomic E-state index is 14.6. The van der Waals surface area contributed by atoms with Crippen molar-refractivity contribution in [3.8, 4) is 0 Å². The highest BCUT2D eigenvalue weighted by molar-refractivity contribution is 6.47. The average molecular weight is 614 g/mol. The third-order valence-electron chi connectivity index (χ3n) is 8.69. The molecule has 2 aromatic rings. The van der Waals surface area contributed by atoms with Gasteiger partial charge in [-0.25, -0.2) is 4.79 Å². The van der Waals surface area contributed by atoms with Crippen molar-refractivity contribution in [1.29, 1.82) is 0 Å². The lowest BCUT2D eigenvalue weighted by Crippen LogP contribution is -2.51. The fraction of sp³-hybridized carbons (Fsp3) is 0.571. The van der Waals surface area contributed by atoms with Crippen molar-refractivity contribution < 1.29 is 14.3 Å². The molecular weight excluding hydrogens is 567 g/mol. The van der Waals surface area contributed by atoms with Crippen LogP contribution in [0.15, 0.2) is 47.5 Å². The topological polar surface area (TPSA) is 59.0 Å². The van der Waals surface area contributed by atoms with E-state index in [2.05, 4.69) is 46.4 Å². The van der Waals surface area contributed by atoms with Crippen molar-refractivity contribution in [2.75, 3.05) is 0 Å². The monoisotopic (exact) mass is 612 g/mol. The molecule has 0 aromatic heterocycles. The highest BCUT2D eigenvalue weighted by Gasteiger charge is 2.52. The summed E-state index contributed by atoms with van der Waals surface area (Å²) in [4.78, 5) is 34.5. The number of aliphatic imine (C=N–C) groups is 1. The second-order valence-electron chi connectivity index (χ2n) is 14.6. The number of hydrogen-bond acceptors (Lipinski definition) is 4. The molecule has 2 aromatic carbocycles. The molecule has 0 saturated heterocycles. The number of esters is 1. The van der Waals surface area contributed by atoms with Crippen molar-refractivity contribution in [1.82, 2.24) is 4.90 Å². The summed E-state index contributed by atoms with van der Waals surface area (Å²) in [6, 6.07) is 12.6. The molecule has 0 radical (unpaired) electrons. The maximum absolute atomic E-state index is 14.6. The Morgan fingerprint density at radius 3 is 2.07 bits per heavy atom. The van der Waals surface area contributed by atoms with E-state index in [0.29, 0.717) is 32.8 Å². The lowest BCUT2D eigenvalue weighted by atomic mass is 9.69. The molecule has 1 atom stereocenters. The van der Waals surface area contributed by atoms with E-state index >= 15 is 0 Å². The van der Waals surface area contributed by atoms with Gasteiger partial charge in [-0.3, -0.25) is 9.79 Å². The first-order chi connectivity index (χ1) is 19.5. The predicted octanol–water partition coefficient (Wildman–Crippen LogP) is 9.69. The van der Waals surface area contributed by atoms with E-state index in [4.69, 9.17) is 32.9 Å².